The van der Waals surface area contributed by atoms with Crippen molar-refractivity contribution in [2.24, 2.45) is 0 Å². The van der Waals surface area contributed by atoms with E-state index in [9.17, 15) is 8.78 Å². The number of rotatable bonds is 5. The summed E-state index contributed by atoms with van der Waals surface area (Å²) < 4.78 is 24.2. The van der Waals surface area contributed by atoms with Gasteiger partial charge < -0.3 is 10.3 Å². The van der Waals surface area contributed by atoms with Crippen LogP contribution in [-0.4, -0.2) is 10.7 Å². The number of hydrogen-bond donors (Lipinski definition) is 2. The van der Waals surface area contributed by atoms with Crippen LogP contribution in [0.1, 0.15) is 5.69 Å². The van der Waals surface area contributed by atoms with Gasteiger partial charge in [0.15, 0.2) is 0 Å². The van der Waals surface area contributed by atoms with E-state index in [0.29, 0.717) is 23.2 Å². The van der Waals surface area contributed by atoms with E-state index in [4.69, 9.17) is 0 Å². The minimum absolute atomic E-state index is 0.556. The molecule has 0 radical (unpaired) electrons. The number of thioether (sulfide) groups is 1. The molecule has 0 spiro atoms. The number of alkyl halides is 2. The molecule has 0 fully saturated rings. The number of anilines is 1. The van der Waals surface area contributed by atoms with Crippen molar-refractivity contribution in [3.8, 4) is 0 Å². The lowest BCUT2D eigenvalue weighted by atomic mass is 10.3. The van der Waals surface area contributed by atoms with Gasteiger partial charge in [-0.2, -0.15) is 8.78 Å². The summed E-state index contributed by atoms with van der Waals surface area (Å²) in [6.07, 6.45) is 1.86. The van der Waals surface area contributed by atoms with Crippen molar-refractivity contribution in [2.45, 2.75) is 17.2 Å². The maximum absolute atomic E-state index is 12.1. The first kappa shape index (κ1) is 12.0. The molecule has 0 atom stereocenters. The van der Waals surface area contributed by atoms with Crippen molar-refractivity contribution in [1.29, 1.82) is 0 Å². The molecule has 1 aromatic heterocycles. The highest BCUT2D eigenvalue weighted by molar-refractivity contribution is 7.99. The van der Waals surface area contributed by atoms with Gasteiger partial charge in [0.25, 0.3) is 5.76 Å². The fourth-order valence-corrected chi connectivity index (χ4v) is 1.93. The third-order valence-electron chi connectivity index (χ3n) is 2.22. The van der Waals surface area contributed by atoms with Gasteiger partial charge in [-0.25, -0.2) is 0 Å². The van der Waals surface area contributed by atoms with Crippen LogP contribution in [0, 0.1) is 0 Å². The second kappa shape index (κ2) is 5.72. The molecule has 2 N–H and O–H groups in total. The standard InChI is InChI=1S/C12H12F2N2S/c13-12(14)17-11-5-3-9(4-6-11)16-8-10-2-1-7-15-10/h1-7,12,15-16H,8H2. The normalized spacial score (nSPS) is 10.8. The van der Waals surface area contributed by atoms with Crippen LogP contribution >= 0.6 is 11.8 Å². The van der Waals surface area contributed by atoms with Crippen LogP contribution in [0.2, 0.25) is 0 Å². The minimum Gasteiger partial charge on any atom is -0.379 e. The molecule has 0 bridgehead atoms. The summed E-state index contributed by atoms with van der Waals surface area (Å²) in [4.78, 5) is 3.65. The highest BCUT2D eigenvalue weighted by Gasteiger charge is 2.04. The molecule has 1 heterocycles. The molecule has 1 aromatic carbocycles. The van der Waals surface area contributed by atoms with Gasteiger partial charge in [0.1, 0.15) is 0 Å². The molecule has 90 valence electrons. The first-order valence-electron chi connectivity index (χ1n) is 5.15. The average Bonchev–Trinajstić information content (AvgIpc) is 2.80. The van der Waals surface area contributed by atoms with Gasteiger partial charge in [-0.1, -0.05) is 11.8 Å². The van der Waals surface area contributed by atoms with Crippen LogP contribution in [-0.2, 0) is 6.54 Å². The maximum Gasteiger partial charge on any atom is 0.288 e. The Balaban J connectivity index is 1.89. The quantitative estimate of drug-likeness (QED) is 0.791. The number of aromatic amines is 1. The lowest BCUT2D eigenvalue weighted by Gasteiger charge is -2.06. The van der Waals surface area contributed by atoms with Gasteiger partial charge in [-0.05, 0) is 36.4 Å². The van der Waals surface area contributed by atoms with Crippen LogP contribution in [0.4, 0.5) is 14.5 Å². The lowest BCUT2D eigenvalue weighted by molar-refractivity contribution is 0.252. The number of benzene rings is 1. The molecular weight excluding hydrogens is 242 g/mol. The molecule has 2 rings (SSSR count). The summed E-state index contributed by atoms with van der Waals surface area (Å²) >= 11 is 0.556. The first-order valence-corrected chi connectivity index (χ1v) is 6.03. The second-order valence-electron chi connectivity index (χ2n) is 3.45. The van der Waals surface area contributed by atoms with Gasteiger partial charge in [0.2, 0.25) is 0 Å². The smallest absolute Gasteiger partial charge is 0.288 e. The molecule has 0 saturated carbocycles. The monoisotopic (exact) mass is 254 g/mol. The van der Waals surface area contributed by atoms with Crippen molar-refractivity contribution < 1.29 is 8.78 Å². The van der Waals surface area contributed by atoms with Crippen molar-refractivity contribution in [3.05, 3.63) is 48.3 Å². The lowest BCUT2D eigenvalue weighted by Crippen LogP contribution is -1.99. The van der Waals surface area contributed by atoms with E-state index < -0.39 is 5.76 Å². The summed E-state index contributed by atoms with van der Waals surface area (Å²) in [7, 11) is 0. The van der Waals surface area contributed by atoms with E-state index in [1.54, 1.807) is 24.3 Å². The van der Waals surface area contributed by atoms with E-state index in [1.807, 2.05) is 18.3 Å². The van der Waals surface area contributed by atoms with Gasteiger partial charge in [-0.3, -0.25) is 0 Å². The zero-order valence-corrected chi connectivity index (χ0v) is 9.81. The van der Waals surface area contributed by atoms with Crippen LogP contribution < -0.4 is 5.32 Å². The van der Waals surface area contributed by atoms with Gasteiger partial charge in [0.05, 0.1) is 6.54 Å². The molecule has 17 heavy (non-hydrogen) atoms. The van der Waals surface area contributed by atoms with E-state index in [-0.39, 0.29) is 0 Å². The van der Waals surface area contributed by atoms with Crippen molar-refractivity contribution in [3.63, 3.8) is 0 Å². The minimum atomic E-state index is -2.37. The Labute approximate surface area is 102 Å². The topological polar surface area (TPSA) is 27.8 Å². The second-order valence-corrected chi connectivity index (χ2v) is 4.52. The molecule has 2 aromatic rings. The number of hydrogen-bond acceptors (Lipinski definition) is 2. The largest absolute Gasteiger partial charge is 0.379 e. The van der Waals surface area contributed by atoms with Gasteiger partial charge >= 0.3 is 0 Å². The zero-order chi connectivity index (χ0) is 12.1. The molecule has 0 aliphatic rings. The van der Waals surface area contributed by atoms with E-state index in [2.05, 4.69) is 10.3 Å². The Kier molecular flexibility index (Phi) is 4.03. The third-order valence-corrected chi connectivity index (χ3v) is 2.95. The fourth-order valence-electron chi connectivity index (χ4n) is 1.43. The number of aromatic nitrogens is 1. The first-order chi connectivity index (χ1) is 8.24. The number of H-pyrrole nitrogens is 1. The van der Waals surface area contributed by atoms with Crippen LogP contribution in [0.15, 0.2) is 47.5 Å². The highest BCUT2D eigenvalue weighted by atomic mass is 32.2. The molecule has 0 aliphatic heterocycles. The molecule has 0 amide bonds. The Bertz CT molecular complexity index is 440. The Hall–Kier alpha value is -1.49. The molecule has 5 heteroatoms. The molecule has 2 nitrogen and oxygen atoms in total. The van der Waals surface area contributed by atoms with E-state index in [1.165, 1.54) is 0 Å². The van der Waals surface area contributed by atoms with E-state index in [0.717, 1.165) is 11.4 Å². The Morgan fingerprint density at radius 1 is 1.18 bits per heavy atom. The average molecular weight is 254 g/mol. The summed E-state index contributed by atoms with van der Waals surface area (Å²) in [5, 5.41) is 3.20. The number of nitrogens with one attached hydrogen (secondary N) is 2. The van der Waals surface area contributed by atoms with Crippen LogP contribution in [0.25, 0.3) is 0 Å². The summed E-state index contributed by atoms with van der Waals surface area (Å²) in [5.74, 6) is -2.37. The van der Waals surface area contributed by atoms with Crippen LogP contribution in [0.5, 0.6) is 0 Å². The summed E-state index contributed by atoms with van der Waals surface area (Å²) in [5.41, 5.74) is 1.99. The molecular formula is C12H12F2N2S. The molecule has 0 saturated heterocycles. The number of halogens is 2. The predicted octanol–water partition coefficient (Wildman–Crippen LogP) is 3.94. The Morgan fingerprint density at radius 3 is 2.53 bits per heavy atom. The summed E-state index contributed by atoms with van der Waals surface area (Å²) in [6, 6.07) is 10.9. The maximum atomic E-state index is 12.1. The summed E-state index contributed by atoms with van der Waals surface area (Å²) in [6.45, 7) is 0.689. The predicted molar refractivity (Wildman–Crippen MR) is 66.4 cm³/mol. The Morgan fingerprint density at radius 2 is 1.94 bits per heavy atom. The van der Waals surface area contributed by atoms with E-state index >= 15 is 0 Å². The SMILES string of the molecule is FC(F)Sc1ccc(NCc2ccc[nH]2)cc1. The van der Waals surface area contributed by atoms with Crippen molar-refractivity contribution in [2.75, 3.05) is 5.32 Å². The van der Waals surface area contributed by atoms with Crippen molar-refractivity contribution >= 4 is 17.4 Å². The van der Waals surface area contributed by atoms with Crippen LogP contribution in [0.3, 0.4) is 0 Å². The zero-order valence-electron chi connectivity index (χ0n) is 8.99. The fraction of sp³-hybridized carbons (Fsp3) is 0.167. The molecule has 0 unspecified atom stereocenters. The van der Waals surface area contributed by atoms with Gasteiger partial charge in [-0.15, -0.1) is 0 Å². The van der Waals surface area contributed by atoms with Gasteiger partial charge in [0, 0.05) is 22.5 Å². The molecule has 0 aliphatic carbocycles. The third kappa shape index (κ3) is 3.78. The van der Waals surface area contributed by atoms with Crippen molar-refractivity contribution in [1.82, 2.24) is 4.98 Å². The highest BCUT2D eigenvalue weighted by Crippen LogP contribution is 2.26.